The smallest absolute Gasteiger partial charge is 0.165 e. The molecule has 218 valence electrons. The van der Waals surface area contributed by atoms with Crippen LogP contribution < -0.4 is 0 Å². The van der Waals surface area contributed by atoms with Crippen molar-refractivity contribution < 1.29 is 4.42 Å². The standard InChI is InChI=1S/C43H25N3O/c1-3-12-26(13-4-1)41-44-42(27-14-5-2-6-15-27)46-43(45-41)40-34(24-25-37-39(40)35-18-9-10-21-36(35)47-37)30-22-23-33-29-17-8-7-16-28(29)31-19-11-20-32(30)38(31)33/h1-25H. The summed E-state index contributed by atoms with van der Waals surface area (Å²) in [7, 11) is 0. The van der Waals surface area contributed by atoms with Crippen molar-refractivity contribution in [1.29, 1.82) is 0 Å². The van der Waals surface area contributed by atoms with Crippen LogP contribution in [-0.4, -0.2) is 15.0 Å². The van der Waals surface area contributed by atoms with Crippen molar-refractivity contribution in [2.45, 2.75) is 0 Å². The maximum Gasteiger partial charge on any atom is 0.165 e. The number of hydrogen-bond acceptors (Lipinski definition) is 4. The summed E-state index contributed by atoms with van der Waals surface area (Å²) in [5, 5.41) is 4.50. The van der Waals surface area contributed by atoms with Gasteiger partial charge in [0.1, 0.15) is 11.2 Å². The lowest BCUT2D eigenvalue weighted by Crippen LogP contribution is -2.01. The van der Waals surface area contributed by atoms with Gasteiger partial charge >= 0.3 is 0 Å². The van der Waals surface area contributed by atoms with Crippen LogP contribution in [0.1, 0.15) is 0 Å². The summed E-state index contributed by atoms with van der Waals surface area (Å²) < 4.78 is 6.44. The molecule has 0 N–H and O–H groups in total. The van der Waals surface area contributed by atoms with Crippen molar-refractivity contribution in [3.05, 3.63) is 152 Å². The van der Waals surface area contributed by atoms with E-state index in [1.807, 2.05) is 72.8 Å². The Morgan fingerprint density at radius 3 is 1.57 bits per heavy atom. The molecule has 0 amide bonds. The Kier molecular flexibility index (Phi) is 5.54. The molecule has 2 heterocycles. The van der Waals surface area contributed by atoms with Crippen LogP contribution >= 0.6 is 0 Å². The summed E-state index contributed by atoms with van der Waals surface area (Å²) in [6.07, 6.45) is 0. The molecule has 10 rings (SSSR count). The summed E-state index contributed by atoms with van der Waals surface area (Å²) in [5.41, 5.74) is 11.7. The van der Waals surface area contributed by atoms with E-state index < -0.39 is 0 Å². The average Bonchev–Trinajstić information content (AvgIpc) is 3.69. The molecule has 0 spiro atoms. The molecule has 9 aromatic rings. The molecule has 0 unspecified atom stereocenters. The molecule has 2 aromatic heterocycles. The highest BCUT2D eigenvalue weighted by Crippen LogP contribution is 2.51. The quantitative estimate of drug-likeness (QED) is 0.202. The molecule has 0 fully saturated rings. The van der Waals surface area contributed by atoms with Crippen molar-refractivity contribution in [3.63, 3.8) is 0 Å². The number of hydrogen-bond donors (Lipinski definition) is 0. The van der Waals surface area contributed by atoms with Gasteiger partial charge in [-0.15, -0.1) is 0 Å². The van der Waals surface area contributed by atoms with Crippen molar-refractivity contribution in [1.82, 2.24) is 15.0 Å². The van der Waals surface area contributed by atoms with Crippen LogP contribution in [-0.2, 0) is 0 Å². The summed E-state index contributed by atoms with van der Waals surface area (Å²) >= 11 is 0. The molecule has 7 aromatic carbocycles. The molecule has 47 heavy (non-hydrogen) atoms. The molecule has 0 radical (unpaired) electrons. The van der Waals surface area contributed by atoms with Gasteiger partial charge in [0.05, 0.1) is 0 Å². The van der Waals surface area contributed by atoms with Gasteiger partial charge in [0, 0.05) is 27.5 Å². The van der Waals surface area contributed by atoms with Gasteiger partial charge in [0.2, 0.25) is 0 Å². The van der Waals surface area contributed by atoms with E-state index in [0.717, 1.165) is 49.8 Å². The topological polar surface area (TPSA) is 51.8 Å². The molecule has 4 heteroatoms. The monoisotopic (exact) mass is 599 g/mol. The van der Waals surface area contributed by atoms with Crippen molar-refractivity contribution in [3.8, 4) is 67.5 Å². The van der Waals surface area contributed by atoms with Gasteiger partial charge in [-0.1, -0.05) is 133 Å². The first-order valence-corrected chi connectivity index (χ1v) is 15.8. The highest BCUT2D eigenvalue weighted by molar-refractivity contribution is 6.21. The highest BCUT2D eigenvalue weighted by Gasteiger charge is 2.26. The van der Waals surface area contributed by atoms with Crippen molar-refractivity contribution >= 4 is 32.7 Å². The van der Waals surface area contributed by atoms with Crippen molar-refractivity contribution in [2.75, 3.05) is 0 Å². The third-order valence-corrected chi connectivity index (χ3v) is 9.30. The molecule has 0 saturated heterocycles. The largest absolute Gasteiger partial charge is 0.456 e. The predicted molar refractivity (Wildman–Crippen MR) is 191 cm³/mol. The Balaban J connectivity index is 1.33. The first-order chi connectivity index (χ1) is 23.3. The number of rotatable bonds is 4. The summed E-state index contributed by atoms with van der Waals surface area (Å²) in [4.78, 5) is 15.4. The first-order valence-electron chi connectivity index (χ1n) is 15.8. The van der Waals surface area contributed by atoms with Crippen LogP contribution in [0, 0.1) is 0 Å². The van der Waals surface area contributed by atoms with Crippen LogP contribution in [0.15, 0.2) is 156 Å². The molecule has 0 saturated carbocycles. The third kappa shape index (κ3) is 3.92. The second-order valence-corrected chi connectivity index (χ2v) is 11.9. The Morgan fingerprint density at radius 2 is 0.851 bits per heavy atom. The fraction of sp³-hybridized carbons (Fsp3) is 0. The Morgan fingerprint density at radius 1 is 0.319 bits per heavy atom. The number of aromatic nitrogens is 3. The molecule has 1 aliphatic carbocycles. The predicted octanol–water partition coefficient (Wildman–Crippen LogP) is 11.2. The van der Waals surface area contributed by atoms with Gasteiger partial charge in [0.25, 0.3) is 0 Å². The van der Waals surface area contributed by atoms with E-state index in [-0.39, 0.29) is 0 Å². The molecule has 4 nitrogen and oxygen atoms in total. The lowest BCUT2D eigenvalue weighted by molar-refractivity contribution is 0.669. The molecule has 0 atom stereocenters. The zero-order valence-electron chi connectivity index (χ0n) is 25.2. The second-order valence-electron chi connectivity index (χ2n) is 11.9. The average molecular weight is 600 g/mol. The molecule has 0 bridgehead atoms. The summed E-state index contributed by atoms with van der Waals surface area (Å²) in [6.45, 7) is 0. The Labute approximate surface area is 270 Å². The normalized spacial score (nSPS) is 11.8. The lowest BCUT2D eigenvalue weighted by atomic mass is 9.89. The van der Waals surface area contributed by atoms with E-state index in [1.165, 1.54) is 33.0 Å². The van der Waals surface area contributed by atoms with Crippen LogP contribution in [0.5, 0.6) is 0 Å². The maximum absolute atomic E-state index is 6.44. The number of benzene rings is 7. The number of furan rings is 1. The van der Waals surface area contributed by atoms with E-state index >= 15 is 0 Å². The Bertz CT molecular complexity index is 2590. The second kappa shape index (κ2) is 10.1. The van der Waals surface area contributed by atoms with Gasteiger partial charge < -0.3 is 4.42 Å². The van der Waals surface area contributed by atoms with Crippen LogP contribution in [0.3, 0.4) is 0 Å². The maximum atomic E-state index is 6.44. The first kappa shape index (κ1) is 25.9. The molecular formula is C43H25N3O. The van der Waals surface area contributed by atoms with Gasteiger partial charge in [-0.05, 0) is 62.4 Å². The van der Waals surface area contributed by atoms with Gasteiger partial charge in [-0.2, -0.15) is 0 Å². The van der Waals surface area contributed by atoms with E-state index in [4.69, 9.17) is 19.4 Å². The van der Waals surface area contributed by atoms with Gasteiger partial charge in [0.15, 0.2) is 17.5 Å². The van der Waals surface area contributed by atoms with E-state index in [0.29, 0.717) is 17.5 Å². The van der Waals surface area contributed by atoms with Gasteiger partial charge in [-0.25, -0.2) is 15.0 Å². The van der Waals surface area contributed by atoms with E-state index in [2.05, 4.69) is 78.9 Å². The van der Waals surface area contributed by atoms with E-state index in [1.54, 1.807) is 0 Å². The minimum atomic E-state index is 0.608. The molecule has 0 aliphatic heterocycles. The summed E-state index contributed by atoms with van der Waals surface area (Å²) in [6, 6.07) is 52.6. The van der Waals surface area contributed by atoms with Crippen LogP contribution in [0.25, 0.3) is 100 Å². The SMILES string of the molecule is c1ccc(-c2nc(-c3ccccc3)nc(-c3c(-c4ccc5c6c(cccc46)-c4ccccc4-5)ccc4oc5ccccc5c34)n2)cc1. The zero-order valence-corrected chi connectivity index (χ0v) is 25.2. The Hall–Kier alpha value is -6.39. The van der Waals surface area contributed by atoms with E-state index in [9.17, 15) is 0 Å². The van der Waals surface area contributed by atoms with Gasteiger partial charge in [-0.3, -0.25) is 0 Å². The molecular weight excluding hydrogens is 574 g/mol. The summed E-state index contributed by atoms with van der Waals surface area (Å²) in [5.74, 6) is 1.86. The highest BCUT2D eigenvalue weighted by atomic mass is 16.3. The third-order valence-electron chi connectivity index (χ3n) is 9.30. The number of fused-ring (bicyclic) bond motifs is 6. The fourth-order valence-electron chi connectivity index (χ4n) is 7.24. The molecule has 1 aliphatic rings. The number of para-hydroxylation sites is 1. The van der Waals surface area contributed by atoms with Crippen LogP contribution in [0.4, 0.5) is 0 Å². The van der Waals surface area contributed by atoms with Crippen LogP contribution in [0.2, 0.25) is 0 Å². The zero-order chi connectivity index (χ0) is 30.9. The fourth-order valence-corrected chi connectivity index (χ4v) is 7.24. The minimum absolute atomic E-state index is 0.608. The lowest BCUT2D eigenvalue weighted by Gasteiger charge is -2.16. The minimum Gasteiger partial charge on any atom is -0.456 e. The number of nitrogens with zero attached hydrogens (tertiary/aromatic N) is 3. The van der Waals surface area contributed by atoms with Crippen molar-refractivity contribution in [2.24, 2.45) is 0 Å².